The van der Waals surface area contributed by atoms with Crippen LogP contribution in [0.5, 0.6) is 0 Å². The zero-order valence-corrected chi connectivity index (χ0v) is 16.3. The van der Waals surface area contributed by atoms with Crippen LogP contribution in [-0.4, -0.2) is 39.6 Å². The number of piperidine rings is 1. The SMILES string of the molecule is CCC(=O)N1CCC(O)(Cc2ccc(-c3cncc4ccccc34)cc2)CC1. The van der Waals surface area contributed by atoms with E-state index in [-0.39, 0.29) is 5.91 Å². The van der Waals surface area contributed by atoms with E-state index in [1.54, 1.807) is 0 Å². The molecule has 1 N–H and O–H groups in total. The van der Waals surface area contributed by atoms with Gasteiger partial charge in [0.05, 0.1) is 5.60 Å². The number of aliphatic hydroxyl groups is 1. The van der Waals surface area contributed by atoms with Crippen molar-refractivity contribution in [2.24, 2.45) is 0 Å². The minimum Gasteiger partial charge on any atom is -0.389 e. The number of benzene rings is 2. The van der Waals surface area contributed by atoms with E-state index in [0.717, 1.165) is 22.1 Å². The summed E-state index contributed by atoms with van der Waals surface area (Å²) in [5, 5.41) is 13.3. The predicted octanol–water partition coefficient (Wildman–Crippen LogP) is 4.21. The lowest BCUT2D eigenvalue weighted by atomic mass is 9.85. The molecule has 2 aromatic carbocycles. The lowest BCUT2D eigenvalue weighted by Gasteiger charge is -2.38. The molecule has 28 heavy (non-hydrogen) atoms. The van der Waals surface area contributed by atoms with Gasteiger partial charge in [0, 0.05) is 49.3 Å². The second-order valence-corrected chi connectivity index (χ2v) is 7.74. The molecule has 1 aromatic heterocycles. The number of hydrogen-bond acceptors (Lipinski definition) is 3. The van der Waals surface area contributed by atoms with E-state index in [1.807, 2.05) is 36.4 Å². The van der Waals surface area contributed by atoms with Crippen LogP contribution in [0.3, 0.4) is 0 Å². The van der Waals surface area contributed by atoms with Gasteiger partial charge < -0.3 is 10.0 Å². The van der Waals surface area contributed by atoms with Gasteiger partial charge >= 0.3 is 0 Å². The topological polar surface area (TPSA) is 53.4 Å². The average Bonchev–Trinajstić information content (AvgIpc) is 2.74. The summed E-state index contributed by atoms with van der Waals surface area (Å²) in [5.41, 5.74) is 2.64. The molecule has 0 saturated carbocycles. The monoisotopic (exact) mass is 374 g/mol. The van der Waals surface area contributed by atoms with Crippen molar-refractivity contribution in [3.63, 3.8) is 0 Å². The Balaban J connectivity index is 1.49. The number of carbonyl (C=O) groups excluding carboxylic acids is 1. The molecule has 0 spiro atoms. The van der Waals surface area contributed by atoms with Gasteiger partial charge in [-0.3, -0.25) is 9.78 Å². The molecule has 4 nitrogen and oxygen atoms in total. The van der Waals surface area contributed by atoms with E-state index in [4.69, 9.17) is 0 Å². The highest BCUT2D eigenvalue weighted by Gasteiger charge is 2.33. The zero-order chi connectivity index (χ0) is 19.6. The Bertz CT molecular complexity index is 968. The fourth-order valence-corrected chi connectivity index (χ4v) is 4.10. The molecule has 1 aliphatic heterocycles. The summed E-state index contributed by atoms with van der Waals surface area (Å²) in [6.45, 7) is 3.17. The van der Waals surface area contributed by atoms with Crippen LogP contribution in [0, 0.1) is 0 Å². The van der Waals surface area contributed by atoms with E-state index >= 15 is 0 Å². The Hall–Kier alpha value is -2.72. The Kier molecular flexibility index (Phi) is 5.14. The van der Waals surface area contributed by atoms with E-state index in [0.29, 0.717) is 38.8 Å². The predicted molar refractivity (Wildman–Crippen MR) is 112 cm³/mol. The summed E-state index contributed by atoms with van der Waals surface area (Å²) in [4.78, 5) is 18.1. The van der Waals surface area contributed by atoms with Crippen molar-refractivity contribution in [2.45, 2.75) is 38.2 Å². The molecule has 0 aliphatic carbocycles. The largest absolute Gasteiger partial charge is 0.389 e. The second-order valence-electron chi connectivity index (χ2n) is 7.74. The molecule has 0 radical (unpaired) electrons. The van der Waals surface area contributed by atoms with Crippen LogP contribution in [-0.2, 0) is 11.2 Å². The van der Waals surface area contributed by atoms with Gasteiger partial charge in [0.25, 0.3) is 0 Å². The molecule has 1 amide bonds. The van der Waals surface area contributed by atoms with Gasteiger partial charge in [-0.2, -0.15) is 0 Å². The van der Waals surface area contributed by atoms with E-state index in [1.165, 1.54) is 5.39 Å². The first-order chi connectivity index (χ1) is 13.6. The van der Waals surface area contributed by atoms with Gasteiger partial charge in [-0.1, -0.05) is 55.5 Å². The van der Waals surface area contributed by atoms with Crippen LogP contribution in [0.2, 0.25) is 0 Å². The van der Waals surface area contributed by atoms with Gasteiger partial charge in [0.15, 0.2) is 0 Å². The number of carbonyl (C=O) groups is 1. The summed E-state index contributed by atoms with van der Waals surface area (Å²) in [6, 6.07) is 16.7. The van der Waals surface area contributed by atoms with Crippen molar-refractivity contribution in [2.75, 3.05) is 13.1 Å². The molecule has 0 atom stereocenters. The van der Waals surface area contributed by atoms with Crippen molar-refractivity contribution in [1.29, 1.82) is 0 Å². The van der Waals surface area contributed by atoms with Gasteiger partial charge in [-0.05, 0) is 29.4 Å². The number of rotatable bonds is 4. The number of nitrogens with zero attached hydrogens (tertiary/aromatic N) is 2. The number of aromatic nitrogens is 1. The maximum atomic E-state index is 11.8. The third-order valence-electron chi connectivity index (χ3n) is 5.82. The van der Waals surface area contributed by atoms with Crippen molar-refractivity contribution in [1.82, 2.24) is 9.88 Å². The summed E-state index contributed by atoms with van der Waals surface area (Å²) in [7, 11) is 0. The van der Waals surface area contributed by atoms with Crippen LogP contribution in [0.1, 0.15) is 31.7 Å². The van der Waals surface area contributed by atoms with E-state index in [2.05, 4.69) is 41.4 Å². The van der Waals surface area contributed by atoms with E-state index < -0.39 is 5.60 Å². The third kappa shape index (κ3) is 3.78. The molecule has 3 aromatic rings. The molecule has 1 fully saturated rings. The number of fused-ring (bicyclic) bond motifs is 1. The average molecular weight is 374 g/mol. The minimum atomic E-state index is -0.729. The fraction of sp³-hybridized carbons (Fsp3) is 0.333. The molecular formula is C24H26N2O2. The van der Waals surface area contributed by atoms with Crippen LogP contribution in [0.25, 0.3) is 21.9 Å². The summed E-state index contributed by atoms with van der Waals surface area (Å²) in [5.74, 6) is 0.176. The third-order valence-corrected chi connectivity index (χ3v) is 5.82. The molecule has 144 valence electrons. The van der Waals surface area contributed by atoms with Gasteiger partial charge in [0.2, 0.25) is 5.91 Å². The number of likely N-dealkylation sites (tertiary alicyclic amines) is 1. The van der Waals surface area contributed by atoms with Crippen molar-refractivity contribution < 1.29 is 9.90 Å². The molecule has 4 heteroatoms. The fourth-order valence-electron chi connectivity index (χ4n) is 4.10. The standard InChI is InChI=1S/C24H26N2O2/c1-2-23(27)26-13-11-24(28,12-14-26)15-18-7-9-19(10-8-18)22-17-25-16-20-5-3-4-6-21(20)22/h3-10,16-17,28H,2,11-15H2,1H3. The van der Waals surface area contributed by atoms with Crippen LogP contribution >= 0.6 is 0 Å². The molecule has 1 aliphatic rings. The van der Waals surface area contributed by atoms with E-state index in [9.17, 15) is 9.90 Å². The Morgan fingerprint density at radius 3 is 2.50 bits per heavy atom. The Morgan fingerprint density at radius 1 is 1.07 bits per heavy atom. The normalized spacial score (nSPS) is 16.3. The lowest BCUT2D eigenvalue weighted by molar-refractivity contribution is -0.135. The van der Waals surface area contributed by atoms with Crippen molar-refractivity contribution >= 4 is 16.7 Å². The molecular weight excluding hydrogens is 348 g/mol. The first kappa shape index (κ1) is 18.6. The summed E-state index contributed by atoms with van der Waals surface area (Å²) < 4.78 is 0. The lowest BCUT2D eigenvalue weighted by Crippen LogP contribution is -2.47. The smallest absolute Gasteiger partial charge is 0.222 e. The van der Waals surface area contributed by atoms with Crippen molar-refractivity contribution in [3.8, 4) is 11.1 Å². The maximum Gasteiger partial charge on any atom is 0.222 e. The highest BCUT2D eigenvalue weighted by Crippen LogP contribution is 2.30. The van der Waals surface area contributed by atoms with Crippen molar-refractivity contribution in [3.05, 3.63) is 66.5 Å². The highest BCUT2D eigenvalue weighted by molar-refractivity contribution is 5.95. The first-order valence-electron chi connectivity index (χ1n) is 10.0. The Labute approximate surface area is 165 Å². The molecule has 4 rings (SSSR count). The molecule has 1 saturated heterocycles. The molecule has 0 bridgehead atoms. The number of hydrogen-bond donors (Lipinski definition) is 1. The summed E-state index contributed by atoms with van der Waals surface area (Å²) in [6.07, 6.45) is 6.21. The quantitative estimate of drug-likeness (QED) is 0.744. The number of amides is 1. The van der Waals surface area contributed by atoms with Gasteiger partial charge in [-0.25, -0.2) is 0 Å². The van der Waals surface area contributed by atoms with Gasteiger partial charge in [0.1, 0.15) is 0 Å². The minimum absolute atomic E-state index is 0.176. The second kappa shape index (κ2) is 7.72. The first-order valence-corrected chi connectivity index (χ1v) is 10.0. The number of pyridine rings is 1. The highest BCUT2D eigenvalue weighted by atomic mass is 16.3. The molecule has 0 unspecified atom stereocenters. The Morgan fingerprint density at radius 2 is 1.79 bits per heavy atom. The van der Waals surface area contributed by atoms with Crippen LogP contribution in [0.15, 0.2) is 60.9 Å². The van der Waals surface area contributed by atoms with Crippen LogP contribution in [0.4, 0.5) is 0 Å². The zero-order valence-electron chi connectivity index (χ0n) is 16.3. The summed E-state index contributed by atoms with van der Waals surface area (Å²) >= 11 is 0. The van der Waals surface area contributed by atoms with Gasteiger partial charge in [-0.15, -0.1) is 0 Å². The molecule has 2 heterocycles. The van der Waals surface area contributed by atoms with Crippen LogP contribution < -0.4 is 0 Å². The maximum absolute atomic E-state index is 11.8.